The summed E-state index contributed by atoms with van der Waals surface area (Å²) in [7, 11) is 1.34. The van der Waals surface area contributed by atoms with Crippen molar-refractivity contribution in [2.45, 2.75) is 25.4 Å². The molecule has 1 N–H and O–H groups in total. The summed E-state index contributed by atoms with van der Waals surface area (Å²) in [6.45, 7) is 0.396. The number of aromatic hydroxyl groups is 1. The Morgan fingerprint density at radius 3 is 2.46 bits per heavy atom. The number of rotatable bonds is 3. The number of hydrogen-bond acceptors (Lipinski definition) is 4. The Balaban J connectivity index is 1.84. The molecule has 0 radical (unpaired) electrons. The topological polar surface area (TPSA) is 66.8 Å². The number of methoxy groups -OCH3 is 1. The van der Waals surface area contributed by atoms with Crippen molar-refractivity contribution < 1.29 is 19.4 Å². The largest absolute Gasteiger partial charge is 0.508 e. The molecule has 0 aliphatic carbocycles. The highest BCUT2D eigenvalue weighted by Crippen LogP contribution is 2.25. The Bertz CT molecular complexity index is 754. The minimum absolute atomic E-state index is 0.134. The van der Waals surface area contributed by atoms with Gasteiger partial charge in [0, 0.05) is 13.0 Å². The highest BCUT2D eigenvalue weighted by molar-refractivity contribution is 5.86. The van der Waals surface area contributed by atoms with Gasteiger partial charge in [0.2, 0.25) is 5.91 Å². The zero-order chi connectivity index (χ0) is 17.1. The second kappa shape index (κ2) is 6.74. The molecule has 0 saturated heterocycles. The fraction of sp³-hybridized carbons (Fsp3) is 0.263. The number of nitrogens with zero attached hydrogens (tertiary/aromatic N) is 1. The number of hydrogen-bond donors (Lipinski definition) is 1. The highest BCUT2D eigenvalue weighted by Gasteiger charge is 2.35. The molecule has 0 spiro atoms. The van der Waals surface area contributed by atoms with Crippen LogP contribution in [0.2, 0.25) is 0 Å². The van der Waals surface area contributed by atoms with Crippen molar-refractivity contribution in [1.29, 1.82) is 0 Å². The van der Waals surface area contributed by atoms with Gasteiger partial charge in [0.15, 0.2) is 0 Å². The average molecular weight is 325 g/mol. The molecule has 0 aromatic heterocycles. The Kier molecular flexibility index (Phi) is 4.51. The fourth-order valence-electron chi connectivity index (χ4n) is 3.02. The van der Waals surface area contributed by atoms with Crippen molar-refractivity contribution in [3.05, 3.63) is 65.2 Å². The van der Waals surface area contributed by atoms with Crippen LogP contribution < -0.4 is 0 Å². The zero-order valence-corrected chi connectivity index (χ0v) is 13.4. The SMILES string of the molecule is COC(=O)[C@@H]1Cc2ccccc2CN1C(=O)Cc1ccc(O)cc1. The van der Waals surface area contributed by atoms with Gasteiger partial charge in [-0.3, -0.25) is 4.79 Å². The first kappa shape index (κ1) is 16.1. The quantitative estimate of drug-likeness (QED) is 0.877. The predicted molar refractivity (Wildman–Crippen MR) is 88.3 cm³/mol. The lowest BCUT2D eigenvalue weighted by atomic mass is 9.93. The maximum atomic E-state index is 12.7. The standard InChI is InChI=1S/C19H19NO4/c1-24-19(23)17-11-14-4-2-3-5-15(14)12-20(17)18(22)10-13-6-8-16(21)9-7-13/h2-9,17,21H,10-12H2,1H3/t17-/m0/s1. The molecule has 3 rings (SSSR count). The molecule has 0 fully saturated rings. The lowest BCUT2D eigenvalue weighted by molar-refractivity contribution is -0.153. The van der Waals surface area contributed by atoms with Gasteiger partial charge in [0.25, 0.3) is 0 Å². The molecular weight excluding hydrogens is 306 g/mol. The van der Waals surface area contributed by atoms with Gasteiger partial charge < -0.3 is 14.7 Å². The first-order chi connectivity index (χ1) is 11.6. The smallest absolute Gasteiger partial charge is 0.328 e. The van der Waals surface area contributed by atoms with Gasteiger partial charge in [0.1, 0.15) is 11.8 Å². The van der Waals surface area contributed by atoms with Crippen molar-refractivity contribution in [1.82, 2.24) is 4.90 Å². The summed E-state index contributed by atoms with van der Waals surface area (Å²) in [5.41, 5.74) is 2.92. The van der Waals surface area contributed by atoms with Gasteiger partial charge in [-0.05, 0) is 28.8 Å². The number of fused-ring (bicyclic) bond motifs is 1. The summed E-state index contributed by atoms with van der Waals surface area (Å²) in [4.78, 5) is 26.5. The maximum Gasteiger partial charge on any atom is 0.328 e. The molecule has 1 heterocycles. The van der Waals surface area contributed by atoms with E-state index in [0.29, 0.717) is 13.0 Å². The van der Waals surface area contributed by atoms with Crippen molar-refractivity contribution in [2.75, 3.05) is 7.11 Å². The number of carbonyl (C=O) groups excluding carboxylic acids is 2. The number of benzene rings is 2. The minimum Gasteiger partial charge on any atom is -0.508 e. The van der Waals surface area contributed by atoms with E-state index >= 15 is 0 Å². The molecule has 5 heteroatoms. The molecule has 0 saturated carbocycles. The summed E-state index contributed by atoms with van der Waals surface area (Å²) in [6.07, 6.45) is 0.639. The molecular formula is C19H19NO4. The van der Waals surface area contributed by atoms with Crippen LogP contribution in [0.4, 0.5) is 0 Å². The third-order valence-corrected chi connectivity index (χ3v) is 4.33. The molecule has 2 aromatic rings. The van der Waals surface area contributed by atoms with E-state index in [1.807, 2.05) is 24.3 Å². The number of phenols is 1. The summed E-state index contributed by atoms with van der Waals surface area (Å²) >= 11 is 0. The normalized spacial score (nSPS) is 16.4. The van der Waals surface area contributed by atoms with E-state index in [4.69, 9.17) is 4.74 Å². The number of amides is 1. The fourth-order valence-corrected chi connectivity index (χ4v) is 3.02. The van der Waals surface area contributed by atoms with Crippen molar-refractivity contribution in [2.24, 2.45) is 0 Å². The Morgan fingerprint density at radius 2 is 1.79 bits per heavy atom. The van der Waals surface area contributed by atoms with Gasteiger partial charge in [0.05, 0.1) is 13.5 Å². The first-order valence-electron chi connectivity index (χ1n) is 7.80. The highest BCUT2D eigenvalue weighted by atomic mass is 16.5. The van der Waals surface area contributed by atoms with E-state index in [1.54, 1.807) is 29.2 Å². The number of phenolic OH excluding ortho intramolecular Hbond substituents is 1. The van der Waals surface area contributed by atoms with Crippen LogP contribution in [0, 0.1) is 0 Å². The van der Waals surface area contributed by atoms with Crippen molar-refractivity contribution >= 4 is 11.9 Å². The van der Waals surface area contributed by atoms with E-state index in [-0.39, 0.29) is 18.1 Å². The molecule has 1 aliphatic heterocycles. The molecule has 5 nitrogen and oxygen atoms in total. The molecule has 1 atom stereocenters. The van der Waals surface area contributed by atoms with Crippen LogP contribution in [0.25, 0.3) is 0 Å². The van der Waals surface area contributed by atoms with Gasteiger partial charge in [-0.1, -0.05) is 36.4 Å². The van der Waals surface area contributed by atoms with E-state index < -0.39 is 12.0 Å². The second-order valence-electron chi connectivity index (χ2n) is 5.88. The van der Waals surface area contributed by atoms with Crippen molar-refractivity contribution in [3.63, 3.8) is 0 Å². The summed E-state index contributed by atoms with van der Waals surface area (Å²) in [5.74, 6) is -0.375. The summed E-state index contributed by atoms with van der Waals surface area (Å²) < 4.78 is 4.89. The third kappa shape index (κ3) is 3.25. The van der Waals surface area contributed by atoms with Crippen LogP contribution in [0.15, 0.2) is 48.5 Å². The molecule has 124 valence electrons. The number of ether oxygens (including phenoxy) is 1. The Morgan fingerprint density at radius 1 is 1.12 bits per heavy atom. The predicted octanol–water partition coefficient (Wildman–Crippen LogP) is 2.06. The van der Waals surface area contributed by atoms with E-state index in [1.165, 1.54) is 7.11 Å². The monoisotopic (exact) mass is 325 g/mol. The zero-order valence-electron chi connectivity index (χ0n) is 13.4. The van der Waals surface area contributed by atoms with E-state index in [9.17, 15) is 14.7 Å². The van der Waals surface area contributed by atoms with Crippen LogP contribution in [0.5, 0.6) is 5.75 Å². The molecule has 0 unspecified atom stereocenters. The number of esters is 1. The molecule has 1 amide bonds. The third-order valence-electron chi connectivity index (χ3n) is 4.33. The van der Waals surface area contributed by atoms with Gasteiger partial charge in [-0.2, -0.15) is 0 Å². The van der Waals surface area contributed by atoms with Gasteiger partial charge in [-0.25, -0.2) is 4.79 Å². The van der Waals surface area contributed by atoms with E-state index in [2.05, 4.69) is 0 Å². The second-order valence-corrected chi connectivity index (χ2v) is 5.88. The minimum atomic E-state index is -0.602. The Labute approximate surface area is 140 Å². The molecule has 0 bridgehead atoms. The lowest BCUT2D eigenvalue weighted by Crippen LogP contribution is -2.49. The van der Waals surface area contributed by atoms with E-state index in [0.717, 1.165) is 16.7 Å². The molecule has 24 heavy (non-hydrogen) atoms. The van der Waals surface area contributed by atoms with Crippen molar-refractivity contribution in [3.8, 4) is 5.75 Å². The van der Waals surface area contributed by atoms with Gasteiger partial charge >= 0.3 is 5.97 Å². The number of carbonyl (C=O) groups is 2. The van der Waals surface area contributed by atoms with Crippen LogP contribution in [0.1, 0.15) is 16.7 Å². The summed E-state index contributed by atoms with van der Waals surface area (Å²) in [5, 5.41) is 9.34. The van der Waals surface area contributed by atoms with Gasteiger partial charge in [-0.15, -0.1) is 0 Å². The first-order valence-corrected chi connectivity index (χ1v) is 7.80. The molecule has 2 aromatic carbocycles. The Hall–Kier alpha value is -2.82. The summed E-state index contributed by atoms with van der Waals surface area (Å²) in [6, 6.07) is 13.7. The van der Waals surface area contributed by atoms with Crippen LogP contribution in [-0.4, -0.2) is 35.0 Å². The van der Waals surface area contributed by atoms with Crippen LogP contribution in [-0.2, 0) is 33.7 Å². The lowest BCUT2D eigenvalue weighted by Gasteiger charge is -2.35. The molecule has 1 aliphatic rings. The van der Waals surface area contributed by atoms with Crippen LogP contribution in [0.3, 0.4) is 0 Å². The maximum absolute atomic E-state index is 12.7. The average Bonchev–Trinajstić information content (AvgIpc) is 2.61. The van der Waals surface area contributed by atoms with Crippen LogP contribution >= 0.6 is 0 Å².